The average Bonchev–Trinajstić information content (AvgIpc) is 2.80. The van der Waals surface area contributed by atoms with E-state index < -0.39 is 0 Å². The molecule has 32 heavy (non-hydrogen) atoms. The van der Waals surface area contributed by atoms with Crippen molar-refractivity contribution in [3.05, 3.63) is 47.5 Å². The van der Waals surface area contributed by atoms with E-state index in [2.05, 4.69) is 21.7 Å². The Morgan fingerprint density at radius 3 is 2.31 bits per heavy atom. The molecule has 1 amide bonds. The molecule has 0 saturated carbocycles. The van der Waals surface area contributed by atoms with Crippen LogP contribution in [0.5, 0.6) is 23.0 Å². The lowest BCUT2D eigenvalue weighted by Gasteiger charge is -2.14. The number of nitrogens with zero attached hydrogens (tertiary/aromatic N) is 1. The van der Waals surface area contributed by atoms with Gasteiger partial charge in [-0.2, -0.15) is 0 Å². The molecule has 2 aromatic carbocycles. The lowest BCUT2D eigenvalue weighted by Crippen LogP contribution is -2.29. The van der Waals surface area contributed by atoms with Gasteiger partial charge in [0.2, 0.25) is 5.75 Å². The third-order valence-corrected chi connectivity index (χ3v) is 4.92. The van der Waals surface area contributed by atoms with Gasteiger partial charge in [-0.1, -0.05) is 0 Å². The molecule has 0 unspecified atom stereocenters. The highest BCUT2D eigenvalue weighted by Gasteiger charge is 2.16. The van der Waals surface area contributed by atoms with Crippen LogP contribution in [0.25, 0.3) is 10.9 Å². The van der Waals surface area contributed by atoms with Crippen LogP contribution in [-0.4, -0.2) is 51.9 Å². The first kappa shape index (κ1) is 23.0. The monoisotopic (exact) mass is 439 g/mol. The fourth-order valence-electron chi connectivity index (χ4n) is 3.37. The molecule has 1 heterocycles. The maximum atomic E-state index is 12.6. The van der Waals surface area contributed by atoms with E-state index in [1.54, 1.807) is 12.1 Å². The van der Waals surface area contributed by atoms with E-state index in [0.717, 1.165) is 28.0 Å². The molecule has 0 aliphatic carbocycles. The first-order chi connectivity index (χ1) is 15.5. The third kappa shape index (κ3) is 5.14. The Balaban J connectivity index is 1.62. The topological polar surface area (TPSA) is 90.9 Å². The van der Waals surface area contributed by atoms with Gasteiger partial charge in [-0.15, -0.1) is 0 Å². The number of hydrogen-bond donors (Lipinski definition) is 2. The molecule has 0 radical (unpaired) electrons. The number of hydrogen-bond acceptors (Lipinski definition) is 7. The summed E-state index contributed by atoms with van der Waals surface area (Å²) in [5, 5.41) is 7.20. The molecule has 8 nitrogen and oxygen atoms in total. The van der Waals surface area contributed by atoms with Crippen LogP contribution in [0.15, 0.2) is 36.4 Å². The zero-order chi connectivity index (χ0) is 23.1. The second-order valence-electron chi connectivity index (χ2n) is 7.04. The van der Waals surface area contributed by atoms with Crippen LogP contribution < -0.4 is 29.6 Å². The Morgan fingerprint density at radius 2 is 1.69 bits per heavy atom. The van der Waals surface area contributed by atoms with E-state index in [9.17, 15) is 4.79 Å². The van der Waals surface area contributed by atoms with Crippen molar-refractivity contribution in [2.45, 2.75) is 13.8 Å². The minimum absolute atomic E-state index is 0.238. The minimum Gasteiger partial charge on any atom is -0.494 e. The standard InChI is InChI=1S/C24H29N3O5/c1-6-32-18-7-8-19-16(12-18)11-15(2)23(27-19)25-9-10-26-24(28)17-13-20(29-3)22(31-5)21(14-17)30-4/h7-8,11-14H,6,9-10H2,1-5H3,(H,25,27)(H,26,28). The van der Waals surface area contributed by atoms with Crippen molar-refractivity contribution in [1.82, 2.24) is 10.3 Å². The Hall–Kier alpha value is -3.68. The summed E-state index contributed by atoms with van der Waals surface area (Å²) >= 11 is 0. The summed E-state index contributed by atoms with van der Waals surface area (Å²) in [6.07, 6.45) is 0. The Labute approximate surface area is 187 Å². The van der Waals surface area contributed by atoms with Gasteiger partial charge in [0, 0.05) is 24.0 Å². The Bertz CT molecular complexity index is 1080. The van der Waals surface area contributed by atoms with E-state index in [-0.39, 0.29) is 5.91 Å². The van der Waals surface area contributed by atoms with Crippen LogP contribution in [0.1, 0.15) is 22.8 Å². The highest BCUT2D eigenvalue weighted by Crippen LogP contribution is 2.38. The largest absolute Gasteiger partial charge is 0.494 e. The van der Waals surface area contributed by atoms with E-state index in [0.29, 0.717) is 42.5 Å². The number of rotatable bonds is 10. The molecule has 1 aromatic heterocycles. The molecule has 8 heteroatoms. The smallest absolute Gasteiger partial charge is 0.251 e. The molecule has 3 rings (SSSR count). The first-order valence-corrected chi connectivity index (χ1v) is 10.4. The number of amides is 1. The Morgan fingerprint density at radius 1 is 0.969 bits per heavy atom. The minimum atomic E-state index is -0.238. The number of anilines is 1. The van der Waals surface area contributed by atoms with Gasteiger partial charge in [0.15, 0.2) is 11.5 Å². The molecule has 170 valence electrons. The molecule has 0 saturated heterocycles. The van der Waals surface area contributed by atoms with Crippen molar-refractivity contribution < 1.29 is 23.7 Å². The van der Waals surface area contributed by atoms with Crippen LogP contribution >= 0.6 is 0 Å². The number of aromatic nitrogens is 1. The second kappa shape index (κ2) is 10.6. The fraction of sp³-hybridized carbons (Fsp3) is 0.333. The fourth-order valence-corrected chi connectivity index (χ4v) is 3.37. The summed E-state index contributed by atoms with van der Waals surface area (Å²) < 4.78 is 21.5. The molecule has 0 aliphatic heterocycles. The van der Waals surface area contributed by atoms with Gasteiger partial charge in [-0.25, -0.2) is 4.98 Å². The van der Waals surface area contributed by atoms with E-state index in [4.69, 9.17) is 18.9 Å². The van der Waals surface area contributed by atoms with Crippen LogP contribution in [0.4, 0.5) is 5.82 Å². The molecule has 3 aromatic rings. The predicted molar refractivity (Wildman–Crippen MR) is 125 cm³/mol. The van der Waals surface area contributed by atoms with E-state index in [1.807, 2.05) is 32.0 Å². The summed E-state index contributed by atoms with van der Waals surface area (Å²) in [6.45, 7) is 5.52. The number of carbonyl (C=O) groups excluding carboxylic acids is 1. The number of benzene rings is 2. The van der Waals surface area contributed by atoms with Gasteiger partial charge in [0.1, 0.15) is 11.6 Å². The number of methoxy groups -OCH3 is 3. The predicted octanol–water partition coefficient (Wildman–Crippen LogP) is 3.81. The van der Waals surface area contributed by atoms with E-state index in [1.165, 1.54) is 21.3 Å². The number of nitrogens with one attached hydrogen (secondary N) is 2. The van der Waals surface area contributed by atoms with Crippen LogP contribution in [0.3, 0.4) is 0 Å². The van der Waals surface area contributed by atoms with Gasteiger partial charge in [-0.3, -0.25) is 4.79 Å². The Kier molecular flexibility index (Phi) is 7.59. The highest BCUT2D eigenvalue weighted by atomic mass is 16.5. The van der Waals surface area contributed by atoms with Gasteiger partial charge >= 0.3 is 0 Å². The van der Waals surface area contributed by atoms with Crippen LogP contribution in [-0.2, 0) is 0 Å². The van der Waals surface area contributed by atoms with Gasteiger partial charge in [-0.05, 0) is 55.8 Å². The second-order valence-corrected chi connectivity index (χ2v) is 7.04. The number of aryl methyl sites for hydroxylation is 1. The molecule has 0 spiro atoms. The molecule has 0 atom stereocenters. The first-order valence-electron chi connectivity index (χ1n) is 10.4. The lowest BCUT2D eigenvalue weighted by atomic mass is 10.1. The number of ether oxygens (including phenoxy) is 4. The van der Waals surface area contributed by atoms with Gasteiger partial charge < -0.3 is 29.6 Å². The van der Waals surface area contributed by atoms with Crippen molar-refractivity contribution in [3.8, 4) is 23.0 Å². The summed E-state index contributed by atoms with van der Waals surface area (Å²) in [4.78, 5) is 17.3. The quantitative estimate of drug-likeness (QED) is 0.464. The highest BCUT2D eigenvalue weighted by molar-refractivity contribution is 5.95. The maximum Gasteiger partial charge on any atom is 0.251 e. The maximum absolute atomic E-state index is 12.6. The lowest BCUT2D eigenvalue weighted by molar-refractivity contribution is 0.0954. The molecule has 0 bridgehead atoms. The normalized spacial score (nSPS) is 10.5. The van der Waals surface area contributed by atoms with Crippen molar-refractivity contribution >= 4 is 22.6 Å². The van der Waals surface area contributed by atoms with Crippen LogP contribution in [0.2, 0.25) is 0 Å². The zero-order valence-electron chi connectivity index (χ0n) is 19.1. The summed E-state index contributed by atoms with van der Waals surface area (Å²) in [5.41, 5.74) is 2.31. The molecular weight excluding hydrogens is 410 g/mol. The SMILES string of the molecule is CCOc1ccc2nc(NCCNC(=O)c3cc(OC)c(OC)c(OC)c3)c(C)cc2c1. The van der Waals surface area contributed by atoms with Crippen LogP contribution in [0, 0.1) is 6.92 Å². The van der Waals surface area contributed by atoms with Crippen molar-refractivity contribution in [2.24, 2.45) is 0 Å². The summed E-state index contributed by atoms with van der Waals surface area (Å²) in [5.74, 6) is 2.68. The molecule has 0 fully saturated rings. The number of fused-ring (bicyclic) bond motifs is 1. The molecule has 0 aliphatic rings. The van der Waals surface area contributed by atoms with Gasteiger partial charge in [0.25, 0.3) is 5.91 Å². The van der Waals surface area contributed by atoms with Crippen molar-refractivity contribution in [2.75, 3.05) is 46.3 Å². The van der Waals surface area contributed by atoms with Crippen molar-refractivity contribution in [1.29, 1.82) is 0 Å². The number of pyridine rings is 1. The summed E-state index contributed by atoms with van der Waals surface area (Å²) in [6, 6.07) is 11.2. The molecule has 2 N–H and O–H groups in total. The summed E-state index contributed by atoms with van der Waals surface area (Å²) in [7, 11) is 4.55. The van der Waals surface area contributed by atoms with Crippen molar-refractivity contribution in [3.63, 3.8) is 0 Å². The molecular formula is C24H29N3O5. The zero-order valence-corrected chi connectivity index (χ0v) is 19.1. The average molecular weight is 440 g/mol. The third-order valence-electron chi connectivity index (χ3n) is 4.92. The number of carbonyl (C=O) groups is 1. The van der Waals surface area contributed by atoms with Gasteiger partial charge in [0.05, 0.1) is 33.5 Å². The van der Waals surface area contributed by atoms with E-state index >= 15 is 0 Å².